The molecule has 0 fully saturated rings. The fourth-order valence-electron chi connectivity index (χ4n) is 2.34. The molecular weight excluding hydrogens is 278 g/mol. The van der Waals surface area contributed by atoms with Gasteiger partial charge < -0.3 is 15.7 Å². The van der Waals surface area contributed by atoms with Crippen LogP contribution in [0.2, 0.25) is 0 Å². The highest BCUT2D eigenvalue weighted by molar-refractivity contribution is 5.67. The number of rotatable bonds is 12. The molecule has 5 heteroatoms. The lowest BCUT2D eigenvalue weighted by atomic mass is 10.0. The minimum Gasteiger partial charge on any atom is -0.481 e. The predicted molar refractivity (Wildman–Crippen MR) is 90.0 cm³/mol. The van der Waals surface area contributed by atoms with Gasteiger partial charge in [0, 0.05) is 25.3 Å². The molecule has 5 nitrogen and oxygen atoms in total. The molecule has 0 aliphatic heterocycles. The van der Waals surface area contributed by atoms with Gasteiger partial charge in [0.05, 0.1) is 6.42 Å². The van der Waals surface area contributed by atoms with Crippen molar-refractivity contribution >= 4 is 11.8 Å². The maximum absolute atomic E-state index is 10.5. The zero-order valence-electron chi connectivity index (χ0n) is 13.8. The van der Waals surface area contributed by atoms with Gasteiger partial charge in [-0.1, -0.05) is 39.2 Å². The summed E-state index contributed by atoms with van der Waals surface area (Å²) in [5.41, 5.74) is 1.15. The first-order chi connectivity index (χ1) is 10.7. The summed E-state index contributed by atoms with van der Waals surface area (Å²) in [6.07, 6.45) is 8.09. The van der Waals surface area contributed by atoms with Gasteiger partial charge in [0.1, 0.15) is 5.82 Å². The molecule has 1 unspecified atom stereocenters. The Balaban J connectivity index is 2.37. The Morgan fingerprint density at radius 2 is 2.09 bits per heavy atom. The molecule has 0 radical (unpaired) electrons. The highest BCUT2D eigenvalue weighted by atomic mass is 16.4. The zero-order chi connectivity index (χ0) is 16.2. The van der Waals surface area contributed by atoms with Gasteiger partial charge >= 0.3 is 5.97 Å². The summed E-state index contributed by atoms with van der Waals surface area (Å²) in [4.78, 5) is 14.8. The van der Waals surface area contributed by atoms with Crippen molar-refractivity contribution in [2.75, 3.05) is 11.9 Å². The number of carboxylic acids is 1. The smallest absolute Gasteiger partial charge is 0.305 e. The average Bonchev–Trinajstić information content (AvgIpc) is 2.51. The van der Waals surface area contributed by atoms with E-state index in [9.17, 15) is 4.79 Å². The topological polar surface area (TPSA) is 74.2 Å². The molecule has 0 aliphatic carbocycles. The van der Waals surface area contributed by atoms with Crippen molar-refractivity contribution in [3.63, 3.8) is 0 Å². The zero-order valence-corrected chi connectivity index (χ0v) is 13.8. The number of pyridine rings is 1. The van der Waals surface area contributed by atoms with E-state index in [0.29, 0.717) is 12.6 Å². The highest BCUT2D eigenvalue weighted by Gasteiger charge is 2.06. The first kappa shape index (κ1) is 18.4. The number of carboxylic acid groups (broad SMARTS) is 1. The number of unbranched alkanes of at least 4 members (excludes halogenated alkanes) is 1. The van der Waals surface area contributed by atoms with Crippen LogP contribution in [0.25, 0.3) is 0 Å². The molecule has 1 atom stereocenters. The normalized spacial score (nSPS) is 12.1. The molecule has 1 aromatic heterocycles. The molecule has 0 aromatic carbocycles. The van der Waals surface area contributed by atoms with Crippen molar-refractivity contribution in [2.45, 2.75) is 65.0 Å². The molecule has 0 bridgehead atoms. The monoisotopic (exact) mass is 307 g/mol. The molecule has 1 aromatic rings. The fourth-order valence-corrected chi connectivity index (χ4v) is 2.34. The van der Waals surface area contributed by atoms with Crippen LogP contribution < -0.4 is 10.6 Å². The van der Waals surface area contributed by atoms with Crippen molar-refractivity contribution in [3.05, 3.63) is 23.9 Å². The Bertz CT molecular complexity index is 420. The van der Waals surface area contributed by atoms with Crippen LogP contribution in [0, 0.1) is 0 Å². The molecule has 0 saturated heterocycles. The first-order valence-electron chi connectivity index (χ1n) is 8.29. The first-order valence-corrected chi connectivity index (χ1v) is 8.29. The lowest BCUT2D eigenvalue weighted by molar-refractivity contribution is -0.136. The van der Waals surface area contributed by atoms with Crippen LogP contribution in [-0.4, -0.2) is 28.6 Å². The second-order valence-electron chi connectivity index (χ2n) is 5.63. The second kappa shape index (κ2) is 11.0. The van der Waals surface area contributed by atoms with Crippen molar-refractivity contribution in [1.29, 1.82) is 0 Å². The number of carbonyl (C=O) groups is 1. The number of hydrogen-bond donors (Lipinski definition) is 3. The molecule has 1 heterocycles. The Hall–Kier alpha value is -1.62. The van der Waals surface area contributed by atoms with Gasteiger partial charge in [-0.15, -0.1) is 0 Å². The minimum atomic E-state index is -0.803. The SMILES string of the molecule is CCCCC(CCC)NCc1ccc(NCCC(=O)O)nc1. The van der Waals surface area contributed by atoms with Gasteiger partial charge in [-0.05, 0) is 24.5 Å². The summed E-state index contributed by atoms with van der Waals surface area (Å²) in [5, 5.41) is 15.2. The molecule has 3 N–H and O–H groups in total. The standard InChI is InChI=1S/C17H29N3O2/c1-3-5-7-15(6-4-2)19-12-14-8-9-16(20-13-14)18-11-10-17(21)22/h8-9,13,15,19H,3-7,10-12H2,1-2H3,(H,18,20)(H,21,22). The Kier molecular flexibility index (Phi) is 9.23. The van der Waals surface area contributed by atoms with E-state index in [1.165, 1.54) is 32.1 Å². The number of hydrogen-bond acceptors (Lipinski definition) is 4. The number of aliphatic carboxylic acids is 1. The number of aromatic nitrogens is 1. The Morgan fingerprint density at radius 1 is 1.27 bits per heavy atom. The van der Waals surface area contributed by atoms with Crippen molar-refractivity contribution in [2.24, 2.45) is 0 Å². The molecule has 0 spiro atoms. The summed E-state index contributed by atoms with van der Waals surface area (Å²) >= 11 is 0. The fraction of sp³-hybridized carbons (Fsp3) is 0.647. The van der Waals surface area contributed by atoms with Gasteiger partial charge in [-0.25, -0.2) is 4.98 Å². The number of nitrogens with zero attached hydrogens (tertiary/aromatic N) is 1. The number of nitrogens with one attached hydrogen (secondary N) is 2. The van der Waals surface area contributed by atoms with E-state index in [4.69, 9.17) is 5.11 Å². The summed E-state index contributed by atoms with van der Waals surface area (Å²) in [6, 6.07) is 4.52. The van der Waals surface area contributed by atoms with Gasteiger partial charge in [0.15, 0.2) is 0 Å². The molecule has 0 amide bonds. The van der Waals surface area contributed by atoms with Crippen LogP contribution in [0.4, 0.5) is 5.82 Å². The minimum absolute atomic E-state index is 0.0983. The van der Waals surface area contributed by atoms with Crippen LogP contribution in [-0.2, 0) is 11.3 Å². The maximum Gasteiger partial charge on any atom is 0.305 e. The maximum atomic E-state index is 10.5. The van der Waals surface area contributed by atoms with Crippen LogP contribution in [0.15, 0.2) is 18.3 Å². The Labute approximate surface area is 133 Å². The Morgan fingerprint density at radius 3 is 2.68 bits per heavy atom. The third-order valence-corrected chi connectivity index (χ3v) is 3.61. The van der Waals surface area contributed by atoms with Crippen LogP contribution in [0.3, 0.4) is 0 Å². The number of anilines is 1. The van der Waals surface area contributed by atoms with Crippen molar-refractivity contribution in [3.8, 4) is 0 Å². The van der Waals surface area contributed by atoms with E-state index in [-0.39, 0.29) is 6.42 Å². The molecule has 22 heavy (non-hydrogen) atoms. The third kappa shape index (κ3) is 7.98. The summed E-state index contributed by atoms with van der Waals surface area (Å²) in [6.45, 7) is 5.68. The van der Waals surface area contributed by atoms with Crippen LogP contribution >= 0.6 is 0 Å². The van der Waals surface area contributed by atoms with Gasteiger partial charge in [0.25, 0.3) is 0 Å². The van der Waals surface area contributed by atoms with Crippen molar-refractivity contribution < 1.29 is 9.90 Å². The van der Waals surface area contributed by atoms with Gasteiger partial charge in [-0.2, -0.15) is 0 Å². The summed E-state index contributed by atoms with van der Waals surface area (Å²) < 4.78 is 0. The van der Waals surface area contributed by atoms with Crippen molar-refractivity contribution in [1.82, 2.24) is 10.3 Å². The average molecular weight is 307 g/mol. The van der Waals surface area contributed by atoms with E-state index in [1.54, 1.807) is 0 Å². The van der Waals surface area contributed by atoms with E-state index in [0.717, 1.165) is 17.9 Å². The lowest BCUT2D eigenvalue weighted by Crippen LogP contribution is -2.28. The lowest BCUT2D eigenvalue weighted by Gasteiger charge is -2.18. The molecule has 124 valence electrons. The third-order valence-electron chi connectivity index (χ3n) is 3.61. The van der Waals surface area contributed by atoms with E-state index >= 15 is 0 Å². The second-order valence-corrected chi connectivity index (χ2v) is 5.63. The molecule has 0 aliphatic rings. The van der Waals surface area contributed by atoms with E-state index in [1.807, 2.05) is 18.3 Å². The molecular formula is C17H29N3O2. The van der Waals surface area contributed by atoms with Gasteiger partial charge in [0.2, 0.25) is 0 Å². The highest BCUT2D eigenvalue weighted by Crippen LogP contribution is 2.09. The molecule has 0 saturated carbocycles. The van der Waals surface area contributed by atoms with E-state index < -0.39 is 5.97 Å². The van der Waals surface area contributed by atoms with E-state index in [2.05, 4.69) is 29.5 Å². The molecule has 1 rings (SSSR count). The summed E-state index contributed by atoms with van der Waals surface area (Å²) in [7, 11) is 0. The summed E-state index contributed by atoms with van der Waals surface area (Å²) in [5.74, 6) is -0.0801. The predicted octanol–water partition coefficient (Wildman–Crippen LogP) is 3.42. The van der Waals surface area contributed by atoms with Gasteiger partial charge in [-0.3, -0.25) is 4.79 Å². The van der Waals surface area contributed by atoms with Crippen LogP contribution in [0.1, 0.15) is 57.9 Å². The quantitative estimate of drug-likeness (QED) is 0.552. The largest absolute Gasteiger partial charge is 0.481 e. The van der Waals surface area contributed by atoms with Crippen LogP contribution in [0.5, 0.6) is 0 Å².